The van der Waals surface area contributed by atoms with Gasteiger partial charge in [0.1, 0.15) is 17.1 Å². The Bertz CT molecular complexity index is 1280. The lowest BCUT2D eigenvalue weighted by Gasteiger charge is -2.30. The fraction of sp³-hybridized carbons (Fsp3) is 0.0455. The molecule has 2 amide bonds. The summed E-state index contributed by atoms with van der Waals surface area (Å²) in [6, 6.07) is 13.6. The Morgan fingerprint density at radius 2 is 1.77 bits per heavy atom. The number of hydrogen-bond acceptors (Lipinski definition) is 4. The molecule has 1 saturated heterocycles. The third-order valence-corrected chi connectivity index (χ3v) is 6.13. The van der Waals surface area contributed by atoms with Crippen LogP contribution in [0.3, 0.4) is 0 Å². The van der Waals surface area contributed by atoms with Crippen LogP contribution in [-0.2, 0) is 9.59 Å². The molecular formula is C22H13Cl3N2O3S. The molecular weight excluding hydrogens is 479 g/mol. The molecule has 0 radical (unpaired) electrons. The molecule has 1 aliphatic rings. The molecule has 1 aromatic heterocycles. The van der Waals surface area contributed by atoms with Crippen LogP contribution < -0.4 is 10.2 Å². The first-order valence-electron chi connectivity index (χ1n) is 8.98. The maximum absolute atomic E-state index is 13.2. The summed E-state index contributed by atoms with van der Waals surface area (Å²) in [5.74, 6) is -0.368. The molecule has 0 saturated carbocycles. The van der Waals surface area contributed by atoms with Gasteiger partial charge in [0.2, 0.25) is 0 Å². The Balaban J connectivity index is 1.70. The predicted molar refractivity (Wildman–Crippen MR) is 127 cm³/mol. The second-order valence-corrected chi connectivity index (χ2v) is 8.28. The van der Waals surface area contributed by atoms with Gasteiger partial charge in [-0.15, -0.1) is 0 Å². The Morgan fingerprint density at radius 3 is 2.52 bits per heavy atom. The molecule has 4 rings (SSSR count). The minimum absolute atomic E-state index is 0.0199. The number of nitrogens with zero attached hydrogens (tertiary/aromatic N) is 1. The maximum Gasteiger partial charge on any atom is 0.270 e. The molecule has 1 aliphatic heterocycles. The van der Waals surface area contributed by atoms with Crippen molar-refractivity contribution in [3.05, 3.63) is 80.5 Å². The maximum atomic E-state index is 13.2. The normalized spacial score (nSPS) is 15.5. The van der Waals surface area contributed by atoms with E-state index in [9.17, 15) is 9.59 Å². The van der Waals surface area contributed by atoms with Crippen LogP contribution in [0.1, 0.15) is 11.3 Å². The van der Waals surface area contributed by atoms with Crippen molar-refractivity contribution in [3.63, 3.8) is 0 Å². The number of anilines is 1. The summed E-state index contributed by atoms with van der Waals surface area (Å²) in [7, 11) is 0. The van der Waals surface area contributed by atoms with Gasteiger partial charge in [0.15, 0.2) is 5.11 Å². The van der Waals surface area contributed by atoms with Crippen molar-refractivity contribution in [2.45, 2.75) is 6.92 Å². The first-order chi connectivity index (χ1) is 14.8. The van der Waals surface area contributed by atoms with Crippen molar-refractivity contribution in [2.24, 2.45) is 0 Å². The van der Waals surface area contributed by atoms with Crippen molar-refractivity contribution in [1.82, 2.24) is 5.32 Å². The molecule has 0 unspecified atom stereocenters. The van der Waals surface area contributed by atoms with E-state index >= 15 is 0 Å². The highest BCUT2D eigenvalue weighted by atomic mass is 35.5. The fourth-order valence-electron chi connectivity index (χ4n) is 3.09. The van der Waals surface area contributed by atoms with Crippen molar-refractivity contribution in [1.29, 1.82) is 0 Å². The van der Waals surface area contributed by atoms with Gasteiger partial charge in [-0.2, -0.15) is 0 Å². The van der Waals surface area contributed by atoms with Crippen LogP contribution in [0.5, 0.6) is 0 Å². The summed E-state index contributed by atoms with van der Waals surface area (Å²) in [6.45, 7) is 1.77. The monoisotopic (exact) mass is 490 g/mol. The highest BCUT2D eigenvalue weighted by molar-refractivity contribution is 7.80. The Kier molecular flexibility index (Phi) is 5.90. The largest absolute Gasteiger partial charge is 0.457 e. The topological polar surface area (TPSA) is 62.6 Å². The molecule has 1 fully saturated rings. The number of hydrogen-bond donors (Lipinski definition) is 1. The molecule has 0 spiro atoms. The average molecular weight is 492 g/mol. The zero-order valence-electron chi connectivity index (χ0n) is 15.9. The second kappa shape index (κ2) is 8.48. The van der Waals surface area contributed by atoms with Gasteiger partial charge >= 0.3 is 0 Å². The van der Waals surface area contributed by atoms with Crippen LogP contribution in [0.25, 0.3) is 17.4 Å². The predicted octanol–water partition coefficient (Wildman–Crippen LogP) is 6.05. The van der Waals surface area contributed by atoms with E-state index in [4.69, 9.17) is 51.4 Å². The van der Waals surface area contributed by atoms with Crippen LogP contribution in [-0.4, -0.2) is 16.9 Å². The smallest absolute Gasteiger partial charge is 0.270 e. The molecule has 31 heavy (non-hydrogen) atoms. The molecule has 0 atom stereocenters. The lowest BCUT2D eigenvalue weighted by Crippen LogP contribution is -2.54. The quantitative estimate of drug-likeness (QED) is 0.275. The van der Waals surface area contributed by atoms with Crippen molar-refractivity contribution < 1.29 is 14.0 Å². The molecule has 0 bridgehead atoms. The highest BCUT2D eigenvalue weighted by Crippen LogP contribution is 2.32. The molecule has 9 heteroatoms. The van der Waals surface area contributed by atoms with Gasteiger partial charge in [0, 0.05) is 10.6 Å². The third-order valence-electron chi connectivity index (χ3n) is 4.70. The summed E-state index contributed by atoms with van der Waals surface area (Å²) in [4.78, 5) is 26.9. The molecule has 3 aromatic rings. The van der Waals surface area contributed by atoms with E-state index in [2.05, 4.69) is 5.32 Å². The van der Waals surface area contributed by atoms with Gasteiger partial charge in [0.25, 0.3) is 11.8 Å². The molecule has 2 aromatic carbocycles. The lowest BCUT2D eigenvalue weighted by molar-refractivity contribution is -0.122. The second-order valence-electron chi connectivity index (χ2n) is 6.67. The third kappa shape index (κ3) is 4.12. The molecule has 0 aliphatic carbocycles. The summed E-state index contributed by atoms with van der Waals surface area (Å²) >= 11 is 23.4. The van der Waals surface area contributed by atoms with Crippen molar-refractivity contribution >= 4 is 75.7 Å². The minimum Gasteiger partial charge on any atom is -0.457 e. The number of thiocarbonyl (C=S) groups is 1. The number of halogens is 3. The standard InChI is InChI=1S/C22H13Cl3N2O3S/c1-11-15(23)3-2-4-18(11)27-21(29)14(20(28)26-22(27)31)10-13-6-8-19(30-13)12-5-7-16(24)17(25)9-12/h2-10H,1H3,(H,26,28,31)/b14-10-. The zero-order valence-corrected chi connectivity index (χ0v) is 19.0. The lowest BCUT2D eigenvalue weighted by atomic mass is 10.1. The van der Waals surface area contributed by atoms with E-state index in [0.717, 1.165) is 0 Å². The van der Waals surface area contributed by atoms with Gasteiger partial charge in [-0.3, -0.25) is 19.8 Å². The number of benzene rings is 2. The van der Waals surface area contributed by atoms with Crippen LogP contribution in [0.2, 0.25) is 15.1 Å². The van der Waals surface area contributed by atoms with Crippen LogP contribution in [0.15, 0.2) is 58.5 Å². The van der Waals surface area contributed by atoms with Gasteiger partial charge in [-0.25, -0.2) is 0 Å². The van der Waals surface area contributed by atoms with Crippen LogP contribution >= 0.6 is 47.0 Å². The van der Waals surface area contributed by atoms with Crippen LogP contribution in [0.4, 0.5) is 5.69 Å². The number of carbonyl (C=O) groups excluding carboxylic acids is 2. The number of carbonyl (C=O) groups is 2. The Labute approximate surface area is 198 Å². The van der Waals surface area contributed by atoms with E-state index in [1.807, 2.05) is 0 Å². The van der Waals surface area contributed by atoms with E-state index in [0.29, 0.717) is 43.4 Å². The number of amides is 2. The van der Waals surface area contributed by atoms with E-state index in [-0.39, 0.29) is 10.7 Å². The summed E-state index contributed by atoms with van der Waals surface area (Å²) in [6.07, 6.45) is 1.37. The van der Waals surface area contributed by atoms with Crippen LogP contribution in [0, 0.1) is 6.92 Å². The SMILES string of the molecule is Cc1c(Cl)cccc1N1C(=O)/C(=C\c2ccc(-c3ccc(Cl)c(Cl)c3)o2)C(=O)NC1=S. The van der Waals surface area contributed by atoms with Gasteiger partial charge in [-0.1, -0.05) is 40.9 Å². The van der Waals surface area contributed by atoms with E-state index < -0.39 is 11.8 Å². The number of furan rings is 1. The zero-order chi connectivity index (χ0) is 22.3. The summed E-state index contributed by atoms with van der Waals surface area (Å²) in [5.41, 5.74) is 1.73. The molecule has 5 nitrogen and oxygen atoms in total. The number of nitrogens with one attached hydrogen (secondary N) is 1. The molecule has 1 N–H and O–H groups in total. The van der Waals surface area contributed by atoms with Gasteiger partial charge in [0.05, 0.1) is 15.7 Å². The van der Waals surface area contributed by atoms with Gasteiger partial charge < -0.3 is 4.42 Å². The molecule has 2 heterocycles. The Hall–Kier alpha value is -2.64. The highest BCUT2D eigenvalue weighted by Gasteiger charge is 2.35. The first-order valence-corrected chi connectivity index (χ1v) is 10.5. The summed E-state index contributed by atoms with van der Waals surface area (Å²) in [5, 5.41) is 3.81. The average Bonchev–Trinajstić information content (AvgIpc) is 3.19. The Morgan fingerprint density at radius 1 is 1.00 bits per heavy atom. The minimum atomic E-state index is -0.613. The summed E-state index contributed by atoms with van der Waals surface area (Å²) < 4.78 is 5.79. The molecule has 156 valence electrons. The number of rotatable bonds is 3. The fourth-order valence-corrected chi connectivity index (χ4v) is 3.83. The first kappa shape index (κ1) is 21.6. The van der Waals surface area contributed by atoms with E-state index in [1.54, 1.807) is 55.5 Å². The van der Waals surface area contributed by atoms with Gasteiger partial charge in [-0.05, 0) is 73.2 Å². The van der Waals surface area contributed by atoms with E-state index in [1.165, 1.54) is 11.0 Å². The van der Waals surface area contributed by atoms with Crippen molar-refractivity contribution in [2.75, 3.05) is 4.90 Å². The van der Waals surface area contributed by atoms with Crippen molar-refractivity contribution in [3.8, 4) is 11.3 Å².